The van der Waals surface area contributed by atoms with Crippen molar-refractivity contribution in [3.63, 3.8) is 0 Å². The maximum atomic E-state index is 12.1. The Morgan fingerprint density at radius 3 is 2.55 bits per heavy atom. The normalized spacial score (nSPS) is 11.1. The Labute approximate surface area is 125 Å². The number of benzene rings is 2. The molecule has 22 heavy (non-hydrogen) atoms. The Morgan fingerprint density at radius 1 is 1.14 bits per heavy atom. The van der Waals surface area contributed by atoms with Gasteiger partial charge in [0.2, 0.25) is 5.78 Å². The molecule has 0 atom stereocenters. The van der Waals surface area contributed by atoms with E-state index in [4.69, 9.17) is 0 Å². The summed E-state index contributed by atoms with van der Waals surface area (Å²) in [5.74, 6) is 0.00825. The minimum absolute atomic E-state index is 0.0146. The topological polar surface area (TPSA) is 88.9 Å². The molecule has 1 heterocycles. The molecule has 6 nitrogen and oxygen atoms in total. The zero-order valence-corrected chi connectivity index (χ0v) is 11.4. The lowest BCUT2D eigenvalue weighted by Gasteiger charge is -1.93. The van der Waals surface area contributed by atoms with Crippen molar-refractivity contribution in [1.29, 1.82) is 0 Å². The molecule has 6 heteroatoms. The number of aromatic nitrogens is 2. The molecule has 108 valence electrons. The van der Waals surface area contributed by atoms with Gasteiger partial charge in [-0.2, -0.15) is 0 Å². The van der Waals surface area contributed by atoms with Crippen LogP contribution >= 0.6 is 0 Å². The molecule has 0 aliphatic rings. The lowest BCUT2D eigenvalue weighted by molar-refractivity contribution is -0.384. The van der Waals surface area contributed by atoms with Gasteiger partial charge in [-0.3, -0.25) is 14.9 Å². The van der Waals surface area contributed by atoms with Crippen LogP contribution in [0.25, 0.3) is 17.1 Å². The Hall–Kier alpha value is -3.28. The fourth-order valence-corrected chi connectivity index (χ4v) is 2.03. The molecule has 2 aromatic carbocycles. The summed E-state index contributed by atoms with van der Waals surface area (Å²) in [5, 5.41) is 10.6. The molecule has 0 unspecified atom stereocenters. The highest BCUT2D eigenvalue weighted by atomic mass is 16.6. The molecule has 1 N–H and O–H groups in total. The van der Waals surface area contributed by atoms with Crippen molar-refractivity contribution >= 4 is 28.6 Å². The highest BCUT2D eigenvalue weighted by Gasteiger charge is 2.08. The van der Waals surface area contributed by atoms with Crippen molar-refractivity contribution in [2.75, 3.05) is 0 Å². The molecule has 0 amide bonds. The summed E-state index contributed by atoms with van der Waals surface area (Å²) >= 11 is 0. The van der Waals surface area contributed by atoms with E-state index in [0.29, 0.717) is 5.56 Å². The standard InChI is InChI=1S/C16H11N3O3/c20-15(16-17-13-3-1-2-4-14(13)18-16)10-7-11-5-8-12(9-6-11)19(21)22/h1-10H,(H,17,18)/b10-7+. The van der Waals surface area contributed by atoms with Crippen LogP contribution < -0.4 is 0 Å². The number of fused-ring (bicyclic) bond motifs is 1. The number of carbonyl (C=O) groups is 1. The number of nitrogens with zero attached hydrogens (tertiary/aromatic N) is 2. The first kappa shape index (κ1) is 13.7. The number of hydrogen-bond acceptors (Lipinski definition) is 4. The van der Waals surface area contributed by atoms with E-state index in [0.717, 1.165) is 11.0 Å². The summed E-state index contributed by atoms with van der Waals surface area (Å²) in [6.07, 6.45) is 2.98. The molecule has 0 bridgehead atoms. The van der Waals surface area contributed by atoms with E-state index in [1.165, 1.54) is 18.2 Å². The number of hydrogen-bond donors (Lipinski definition) is 1. The second-order valence-electron chi connectivity index (χ2n) is 4.65. The zero-order chi connectivity index (χ0) is 15.5. The smallest absolute Gasteiger partial charge is 0.269 e. The van der Waals surface area contributed by atoms with Crippen LogP contribution in [0.2, 0.25) is 0 Å². The van der Waals surface area contributed by atoms with Crippen LogP contribution in [0.3, 0.4) is 0 Å². The lowest BCUT2D eigenvalue weighted by atomic mass is 10.2. The van der Waals surface area contributed by atoms with Crippen molar-refractivity contribution in [3.8, 4) is 0 Å². The summed E-state index contributed by atoms with van der Waals surface area (Å²) < 4.78 is 0. The number of aromatic amines is 1. The minimum atomic E-state index is -0.465. The highest BCUT2D eigenvalue weighted by molar-refractivity contribution is 6.05. The van der Waals surface area contributed by atoms with Crippen molar-refractivity contribution < 1.29 is 9.72 Å². The average molecular weight is 293 g/mol. The minimum Gasteiger partial charge on any atom is -0.335 e. The maximum Gasteiger partial charge on any atom is 0.269 e. The number of para-hydroxylation sites is 2. The van der Waals surface area contributed by atoms with Crippen LogP contribution in [-0.2, 0) is 0 Å². The van der Waals surface area contributed by atoms with E-state index in [2.05, 4.69) is 9.97 Å². The highest BCUT2D eigenvalue weighted by Crippen LogP contribution is 2.14. The number of ketones is 1. The van der Waals surface area contributed by atoms with Crippen LogP contribution in [0.4, 0.5) is 5.69 Å². The van der Waals surface area contributed by atoms with E-state index in [9.17, 15) is 14.9 Å². The second kappa shape index (κ2) is 5.61. The van der Waals surface area contributed by atoms with Gasteiger partial charge in [0, 0.05) is 12.1 Å². The van der Waals surface area contributed by atoms with Gasteiger partial charge in [-0.1, -0.05) is 18.2 Å². The van der Waals surface area contributed by atoms with Crippen LogP contribution in [0, 0.1) is 10.1 Å². The van der Waals surface area contributed by atoms with Gasteiger partial charge in [0.05, 0.1) is 16.0 Å². The number of imidazole rings is 1. The predicted octanol–water partition coefficient (Wildman–Crippen LogP) is 3.37. The number of allylic oxidation sites excluding steroid dienone is 1. The van der Waals surface area contributed by atoms with E-state index in [-0.39, 0.29) is 17.3 Å². The fraction of sp³-hybridized carbons (Fsp3) is 0. The first-order valence-corrected chi connectivity index (χ1v) is 6.55. The van der Waals surface area contributed by atoms with E-state index < -0.39 is 4.92 Å². The van der Waals surface area contributed by atoms with Crippen molar-refractivity contribution in [2.24, 2.45) is 0 Å². The second-order valence-corrected chi connectivity index (χ2v) is 4.65. The fourth-order valence-electron chi connectivity index (χ4n) is 2.03. The van der Waals surface area contributed by atoms with Gasteiger partial charge in [0.15, 0.2) is 5.82 Å². The number of nitro benzene ring substituents is 1. The molecule has 3 rings (SSSR count). The summed E-state index contributed by atoms with van der Waals surface area (Å²) in [6.45, 7) is 0. The zero-order valence-electron chi connectivity index (χ0n) is 11.4. The van der Waals surface area contributed by atoms with Gasteiger partial charge in [-0.15, -0.1) is 0 Å². The van der Waals surface area contributed by atoms with E-state index >= 15 is 0 Å². The number of rotatable bonds is 4. The van der Waals surface area contributed by atoms with Crippen LogP contribution in [0.5, 0.6) is 0 Å². The monoisotopic (exact) mass is 293 g/mol. The number of non-ortho nitro benzene ring substituents is 1. The average Bonchev–Trinajstić information content (AvgIpc) is 2.97. The number of nitro groups is 1. The molecule has 0 saturated carbocycles. The van der Waals surface area contributed by atoms with Crippen molar-refractivity contribution in [3.05, 3.63) is 76.1 Å². The van der Waals surface area contributed by atoms with Gasteiger partial charge in [0.25, 0.3) is 5.69 Å². The maximum absolute atomic E-state index is 12.1. The molecule has 0 saturated heterocycles. The summed E-state index contributed by atoms with van der Waals surface area (Å²) in [5.41, 5.74) is 2.25. The number of nitrogens with one attached hydrogen (secondary N) is 1. The Bertz CT molecular complexity index is 846. The quantitative estimate of drug-likeness (QED) is 0.345. The molecule has 0 aliphatic heterocycles. The molecule has 1 aromatic heterocycles. The Balaban J connectivity index is 1.79. The summed E-state index contributed by atoms with van der Waals surface area (Å²) in [4.78, 5) is 29.3. The predicted molar refractivity (Wildman–Crippen MR) is 82.6 cm³/mol. The van der Waals surface area contributed by atoms with E-state index in [1.54, 1.807) is 18.2 Å². The van der Waals surface area contributed by atoms with Crippen LogP contribution in [0.1, 0.15) is 16.2 Å². The molecule has 0 spiro atoms. The van der Waals surface area contributed by atoms with Crippen LogP contribution in [-0.4, -0.2) is 20.7 Å². The molecule has 0 aliphatic carbocycles. The molecular weight excluding hydrogens is 282 g/mol. The summed E-state index contributed by atoms with van der Waals surface area (Å²) in [6, 6.07) is 13.3. The van der Waals surface area contributed by atoms with Gasteiger partial charge >= 0.3 is 0 Å². The van der Waals surface area contributed by atoms with Gasteiger partial charge in [-0.05, 0) is 35.9 Å². The molecule has 0 fully saturated rings. The van der Waals surface area contributed by atoms with Crippen molar-refractivity contribution in [1.82, 2.24) is 9.97 Å². The number of carbonyl (C=O) groups excluding carboxylic acids is 1. The first-order chi connectivity index (χ1) is 10.6. The van der Waals surface area contributed by atoms with Gasteiger partial charge in [0.1, 0.15) is 0 Å². The summed E-state index contributed by atoms with van der Waals surface area (Å²) in [7, 11) is 0. The Kier molecular flexibility index (Phi) is 3.49. The Morgan fingerprint density at radius 2 is 1.86 bits per heavy atom. The van der Waals surface area contributed by atoms with E-state index in [1.807, 2.05) is 24.3 Å². The first-order valence-electron chi connectivity index (χ1n) is 6.55. The molecule has 3 aromatic rings. The molecular formula is C16H11N3O3. The number of H-pyrrole nitrogens is 1. The third-order valence-corrected chi connectivity index (χ3v) is 3.15. The third kappa shape index (κ3) is 2.76. The van der Waals surface area contributed by atoms with Gasteiger partial charge < -0.3 is 4.98 Å². The largest absolute Gasteiger partial charge is 0.335 e. The third-order valence-electron chi connectivity index (χ3n) is 3.15. The lowest BCUT2D eigenvalue weighted by Crippen LogP contribution is -1.96. The molecule has 0 radical (unpaired) electrons. The van der Waals surface area contributed by atoms with Gasteiger partial charge in [-0.25, -0.2) is 4.98 Å². The van der Waals surface area contributed by atoms with Crippen LogP contribution in [0.15, 0.2) is 54.6 Å². The SMILES string of the molecule is O=C(/C=C/c1ccc([N+](=O)[O-])cc1)c1nc2ccccc2[nH]1. The van der Waals surface area contributed by atoms with Crippen molar-refractivity contribution in [2.45, 2.75) is 0 Å².